The fraction of sp³-hybridized carbons (Fsp3) is 0.657. The number of amides is 2. The monoisotopic (exact) mass is 663 g/mol. The molecule has 8 nitrogen and oxygen atoms in total. The summed E-state index contributed by atoms with van der Waals surface area (Å²) in [6, 6.07) is 5.98. The molecule has 0 saturated heterocycles. The Kier molecular flexibility index (Phi) is 12.4. The number of nitrogens with one attached hydrogen (secondary N) is 2. The Morgan fingerprint density at radius 2 is 1.89 bits per heavy atom. The number of carbonyl (C=O) groups is 2. The summed E-state index contributed by atoms with van der Waals surface area (Å²) in [7, 11) is -2.38. The molecule has 2 aliphatic rings. The lowest BCUT2D eigenvalue weighted by molar-refractivity contribution is -0.137. The van der Waals surface area contributed by atoms with E-state index in [0.29, 0.717) is 55.1 Å². The average molecular weight is 664 g/mol. The maximum Gasteiger partial charge on any atom is 0.260 e. The summed E-state index contributed by atoms with van der Waals surface area (Å²) >= 11 is 6.34. The molecule has 252 valence electrons. The van der Waals surface area contributed by atoms with E-state index in [2.05, 4.69) is 48.4 Å². The van der Waals surface area contributed by atoms with Crippen LogP contribution in [-0.2, 0) is 31.4 Å². The van der Waals surface area contributed by atoms with Gasteiger partial charge in [-0.3, -0.25) is 9.59 Å². The normalized spacial score (nSPS) is 29.5. The third kappa shape index (κ3) is 8.92. The molecule has 1 heterocycles. The number of aryl methyl sites for hydroxylation is 1. The van der Waals surface area contributed by atoms with Gasteiger partial charge in [-0.1, -0.05) is 65.3 Å². The van der Waals surface area contributed by atoms with Crippen LogP contribution in [0, 0.1) is 17.8 Å². The van der Waals surface area contributed by atoms with E-state index in [9.17, 15) is 23.1 Å². The lowest BCUT2D eigenvalue weighted by Crippen LogP contribution is -2.53. The molecular formula is C35H54ClN3O5S. The maximum atomic E-state index is 13.3. The molecule has 1 aliphatic heterocycles. The van der Waals surface area contributed by atoms with Crippen molar-refractivity contribution in [3.8, 4) is 0 Å². The Labute approximate surface area is 276 Å². The number of allylic oxidation sites excluding steroid dienone is 1. The van der Waals surface area contributed by atoms with Crippen molar-refractivity contribution >= 4 is 33.4 Å². The second kappa shape index (κ2) is 15.0. The van der Waals surface area contributed by atoms with Gasteiger partial charge in [-0.25, -0.2) is 13.1 Å². The van der Waals surface area contributed by atoms with Crippen molar-refractivity contribution < 1.29 is 23.1 Å². The Bertz CT molecular complexity index is 1390. The standard InChI is InChI=1S/C35H54ClN3O5S/c1-9-26-19-29(36)14-16-30(26)34(6,7)22-39-21-28-13-15-31(28)35(42,20-32(40)37-8)17-11-12-23(3)25(5)45(43,44)38-33(41)27(10-2)18-24(39)4/h14,16,18-19,23,25,28,31,42H,4,9-13,15,17,20-22H2,1-3,5-8H3,(H,37,40)(H,38,41)/b27-18+/t23-,25+,28-,31+,35-/m0/s1. The van der Waals surface area contributed by atoms with E-state index in [-0.39, 0.29) is 35.5 Å². The molecule has 1 aromatic rings. The Morgan fingerprint density at radius 3 is 2.47 bits per heavy atom. The molecule has 0 spiro atoms. The van der Waals surface area contributed by atoms with Gasteiger partial charge in [0.2, 0.25) is 15.9 Å². The second-order valence-corrected chi connectivity index (χ2v) is 16.4. The number of nitrogens with zero attached hydrogens (tertiary/aromatic N) is 1. The molecule has 1 saturated carbocycles. The first-order valence-corrected chi connectivity index (χ1v) is 18.3. The Hall–Kier alpha value is -2.36. The van der Waals surface area contributed by atoms with Gasteiger partial charge in [0.15, 0.2) is 0 Å². The van der Waals surface area contributed by atoms with Gasteiger partial charge in [-0.2, -0.15) is 0 Å². The van der Waals surface area contributed by atoms with Crippen LogP contribution in [0.1, 0.15) is 97.6 Å². The third-order valence-electron chi connectivity index (χ3n) is 10.3. The molecule has 5 atom stereocenters. The molecule has 0 aromatic heterocycles. The summed E-state index contributed by atoms with van der Waals surface area (Å²) < 4.78 is 28.8. The third-order valence-corrected chi connectivity index (χ3v) is 12.4. The van der Waals surface area contributed by atoms with E-state index in [1.54, 1.807) is 20.0 Å². The summed E-state index contributed by atoms with van der Waals surface area (Å²) in [5.41, 5.74) is 1.71. The second-order valence-electron chi connectivity index (χ2n) is 13.9. The summed E-state index contributed by atoms with van der Waals surface area (Å²) in [4.78, 5) is 28.1. The number of sulfonamides is 1. The SMILES string of the molecule is C=C1/C=C(\CC)C(=O)NS(=O)(=O)[C@H](C)[C@@H](C)CCC[C@](O)(CC(=O)NC)[C@@H]2CC[C@H]2CN1CC(C)(C)c1ccc(Cl)cc1CC. The number of hydrogen-bond acceptors (Lipinski definition) is 6. The lowest BCUT2D eigenvalue weighted by Gasteiger charge is -2.50. The van der Waals surface area contributed by atoms with Crippen molar-refractivity contribution in [1.82, 2.24) is 14.9 Å². The molecule has 1 fully saturated rings. The number of rotatable bonds is 7. The molecule has 3 rings (SSSR count). The number of fused-ring (bicyclic) bond motifs is 1. The molecule has 0 unspecified atom stereocenters. The van der Waals surface area contributed by atoms with Gasteiger partial charge in [0.1, 0.15) is 0 Å². The number of hydrogen-bond donors (Lipinski definition) is 3. The Morgan fingerprint density at radius 1 is 1.20 bits per heavy atom. The van der Waals surface area contributed by atoms with Gasteiger partial charge in [-0.05, 0) is 92.5 Å². The van der Waals surface area contributed by atoms with Gasteiger partial charge in [0, 0.05) is 41.8 Å². The minimum absolute atomic E-state index is 0.0000823. The van der Waals surface area contributed by atoms with E-state index >= 15 is 0 Å². The van der Waals surface area contributed by atoms with Gasteiger partial charge >= 0.3 is 0 Å². The first-order chi connectivity index (χ1) is 21.0. The van der Waals surface area contributed by atoms with Crippen LogP contribution in [0.2, 0.25) is 5.02 Å². The highest BCUT2D eigenvalue weighted by Crippen LogP contribution is 2.47. The highest BCUT2D eigenvalue weighted by molar-refractivity contribution is 7.90. The van der Waals surface area contributed by atoms with Crippen molar-refractivity contribution in [1.29, 1.82) is 0 Å². The Balaban J connectivity index is 2.09. The van der Waals surface area contributed by atoms with Gasteiger partial charge in [0.25, 0.3) is 5.91 Å². The predicted molar refractivity (Wildman–Crippen MR) is 182 cm³/mol. The molecule has 1 aromatic carbocycles. The highest BCUT2D eigenvalue weighted by atomic mass is 35.5. The smallest absolute Gasteiger partial charge is 0.260 e. The highest BCUT2D eigenvalue weighted by Gasteiger charge is 2.48. The van der Waals surface area contributed by atoms with Crippen LogP contribution in [0.4, 0.5) is 0 Å². The van der Waals surface area contributed by atoms with E-state index in [4.69, 9.17) is 11.6 Å². The summed E-state index contributed by atoms with van der Waals surface area (Å²) in [5, 5.41) is 14.6. The minimum atomic E-state index is -3.96. The molecule has 10 heteroatoms. The molecule has 3 N–H and O–H groups in total. The largest absolute Gasteiger partial charge is 0.389 e. The van der Waals surface area contributed by atoms with E-state index in [1.807, 2.05) is 26.0 Å². The van der Waals surface area contributed by atoms with Crippen LogP contribution < -0.4 is 10.0 Å². The molecular weight excluding hydrogens is 610 g/mol. The lowest BCUT2D eigenvalue weighted by atomic mass is 9.62. The van der Waals surface area contributed by atoms with Crippen LogP contribution >= 0.6 is 11.6 Å². The van der Waals surface area contributed by atoms with Crippen LogP contribution in [0.5, 0.6) is 0 Å². The van der Waals surface area contributed by atoms with Gasteiger partial charge in [-0.15, -0.1) is 0 Å². The number of carbonyl (C=O) groups excluding carboxylic acids is 2. The number of benzene rings is 1. The van der Waals surface area contributed by atoms with E-state index < -0.39 is 26.8 Å². The zero-order chi connectivity index (χ0) is 33.7. The van der Waals surface area contributed by atoms with Crippen molar-refractivity contribution in [2.75, 3.05) is 20.1 Å². The fourth-order valence-corrected chi connectivity index (χ4v) is 8.61. The quantitative estimate of drug-likeness (QED) is 0.336. The van der Waals surface area contributed by atoms with Crippen LogP contribution in [0.25, 0.3) is 0 Å². The summed E-state index contributed by atoms with van der Waals surface area (Å²) in [6.07, 6.45) is 6.06. The maximum absolute atomic E-state index is 13.3. The topological polar surface area (TPSA) is 116 Å². The van der Waals surface area contributed by atoms with Gasteiger partial charge < -0.3 is 15.3 Å². The first kappa shape index (κ1) is 37.1. The summed E-state index contributed by atoms with van der Waals surface area (Å²) in [5.74, 6) is -1.09. The number of halogens is 1. The molecule has 0 bridgehead atoms. The fourth-order valence-electron chi connectivity index (χ4n) is 7.09. The number of aliphatic hydroxyl groups is 1. The van der Waals surface area contributed by atoms with Gasteiger partial charge in [0.05, 0.1) is 17.3 Å². The molecule has 2 amide bonds. The first-order valence-electron chi connectivity index (χ1n) is 16.4. The predicted octanol–water partition coefficient (Wildman–Crippen LogP) is 5.88. The van der Waals surface area contributed by atoms with E-state index in [0.717, 1.165) is 24.8 Å². The van der Waals surface area contributed by atoms with Crippen molar-refractivity contribution in [3.63, 3.8) is 0 Å². The van der Waals surface area contributed by atoms with Crippen molar-refractivity contribution in [2.24, 2.45) is 17.8 Å². The average Bonchev–Trinajstić information content (AvgIpc) is 2.95. The van der Waals surface area contributed by atoms with Crippen LogP contribution in [0.3, 0.4) is 0 Å². The zero-order valence-electron chi connectivity index (χ0n) is 28.2. The molecule has 45 heavy (non-hydrogen) atoms. The van der Waals surface area contributed by atoms with Crippen LogP contribution in [-0.4, -0.2) is 61.2 Å². The molecule has 1 aliphatic carbocycles. The summed E-state index contributed by atoms with van der Waals surface area (Å²) in [6.45, 7) is 17.3. The zero-order valence-corrected chi connectivity index (χ0v) is 29.8. The van der Waals surface area contributed by atoms with Crippen LogP contribution in [0.15, 0.2) is 42.1 Å². The molecule has 0 radical (unpaired) electrons. The van der Waals surface area contributed by atoms with Crippen molar-refractivity contribution in [2.45, 2.75) is 109 Å². The van der Waals surface area contributed by atoms with Crippen molar-refractivity contribution in [3.05, 3.63) is 58.3 Å². The minimum Gasteiger partial charge on any atom is -0.389 e. The van der Waals surface area contributed by atoms with E-state index in [1.165, 1.54) is 5.56 Å².